The normalized spacial score (nSPS) is 11.5. The van der Waals surface area contributed by atoms with E-state index < -0.39 is 0 Å². The van der Waals surface area contributed by atoms with Crippen molar-refractivity contribution in [2.24, 2.45) is 0 Å². The summed E-state index contributed by atoms with van der Waals surface area (Å²) in [5, 5.41) is 1.98. The molecular weight excluding hydrogens is 288 g/mol. The van der Waals surface area contributed by atoms with Gasteiger partial charge in [-0.3, -0.25) is 9.97 Å². The Labute approximate surface area is 130 Å². The second-order valence-electron chi connectivity index (χ2n) is 5.24. The van der Waals surface area contributed by atoms with Crippen LogP contribution in [0.4, 0.5) is 0 Å². The summed E-state index contributed by atoms with van der Waals surface area (Å²) in [6, 6.07) is 7.88. The van der Waals surface area contributed by atoms with Crippen molar-refractivity contribution >= 4 is 32.8 Å². The third-order valence-corrected chi connectivity index (χ3v) is 3.90. The van der Waals surface area contributed by atoms with Crippen molar-refractivity contribution in [3.8, 4) is 11.4 Å². The average Bonchev–Trinajstić information content (AvgIpc) is 3.09. The van der Waals surface area contributed by atoms with E-state index in [9.17, 15) is 0 Å². The molecule has 0 bridgehead atoms. The molecule has 0 unspecified atom stereocenters. The summed E-state index contributed by atoms with van der Waals surface area (Å²) in [4.78, 5) is 25.3. The molecule has 0 saturated heterocycles. The molecule has 0 aliphatic heterocycles. The second kappa shape index (κ2) is 4.54. The lowest BCUT2D eigenvalue weighted by Gasteiger charge is -2.03. The van der Waals surface area contributed by atoms with E-state index in [-0.39, 0.29) is 0 Å². The van der Waals surface area contributed by atoms with Crippen LogP contribution in [0, 0.1) is 0 Å². The minimum Gasteiger partial charge on any atom is -0.337 e. The van der Waals surface area contributed by atoms with Crippen LogP contribution in [0.2, 0.25) is 0 Å². The lowest BCUT2D eigenvalue weighted by Crippen LogP contribution is -1.86. The Morgan fingerprint density at radius 1 is 0.783 bits per heavy atom. The zero-order valence-corrected chi connectivity index (χ0v) is 11.9. The van der Waals surface area contributed by atoms with Gasteiger partial charge in [-0.05, 0) is 24.3 Å². The number of nitrogens with one attached hydrogen (secondary N) is 1. The summed E-state index contributed by atoms with van der Waals surface area (Å²) in [5.74, 6) is 0.738. The largest absolute Gasteiger partial charge is 0.337 e. The van der Waals surface area contributed by atoms with Crippen LogP contribution < -0.4 is 0 Å². The molecule has 0 spiro atoms. The SMILES string of the molecule is c1cnc2c(c1)c1nc(-c3cncnc3)[nH]c1c1cccnc12. The molecule has 0 fully saturated rings. The topological polar surface area (TPSA) is 80.2 Å². The van der Waals surface area contributed by atoms with E-state index in [1.807, 2.05) is 24.3 Å². The Balaban J connectivity index is 1.99. The molecule has 1 N–H and O–H groups in total. The first kappa shape index (κ1) is 12.2. The van der Waals surface area contributed by atoms with Crippen molar-refractivity contribution in [2.75, 3.05) is 0 Å². The minimum absolute atomic E-state index is 0.738. The van der Waals surface area contributed by atoms with Crippen LogP contribution in [-0.2, 0) is 0 Å². The lowest BCUT2D eigenvalue weighted by atomic mass is 10.1. The van der Waals surface area contributed by atoms with Crippen LogP contribution in [0.25, 0.3) is 44.2 Å². The maximum absolute atomic E-state index is 4.76. The zero-order chi connectivity index (χ0) is 15.2. The van der Waals surface area contributed by atoms with E-state index in [1.165, 1.54) is 6.33 Å². The van der Waals surface area contributed by atoms with Crippen molar-refractivity contribution in [2.45, 2.75) is 0 Å². The second-order valence-corrected chi connectivity index (χ2v) is 5.24. The molecule has 6 nitrogen and oxygen atoms in total. The van der Waals surface area contributed by atoms with Gasteiger partial charge in [0.25, 0.3) is 0 Å². The maximum Gasteiger partial charge on any atom is 0.141 e. The van der Waals surface area contributed by atoms with Crippen molar-refractivity contribution < 1.29 is 0 Å². The van der Waals surface area contributed by atoms with Crippen molar-refractivity contribution in [1.29, 1.82) is 0 Å². The van der Waals surface area contributed by atoms with Gasteiger partial charge in [-0.15, -0.1) is 0 Å². The average molecular weight is 298 g/mol. The summed E-state index contributed by atoms with van der Waals surface area (Å²) in [7, 11) is 0. The van der Waals surface area contributed by atoms with Crippen LogP contribution in [-0.4, -0.2) is 29.9 Å². The molecule has 0 aliphatic rings. The van der Waals surface area contributed by atoms with Gasteiger partial charge in [-0.2, -0.15) is 0 Å². The number of rotatable bonds is 1. The molecular formula is C17H10N6. The number of imidazole rings is 1. The van der Waals surface area contributed by atoms with Gasteiger partial charge in [-0.1, -0.05) is 0 Å². The van der Waals surface area contributed by atoms with E-state index in [0.717, 1.165) is 44.2 Å². The molecule has 0 amide bonds. The molecule has 0 saturated carbocycles. The van der Waals surface area contributed by atoms with Gasteiger partial charge in [0.1, 0.15) is 12.2 Å². The molecule has 0 radical (unpaired) electrons. The first-order chi connectivity index (χ1) is 11.4. The van der Waals surface area contributed by atoms with Crippen LogP contribution in [0.5, 0.6) is 0 Å². The number of hydrogen-bond donors (Lipinski definition) is 1. The summed E-state index contributed by atoms with van der Waals surface area (Å²) in [6.07, 6.45) is 8.55. The molecule has 5 rings (SSSR count). The molecule has 0 atom stereocenters. The first-order valence-electron chi connectivity index (χ1n) is 7.18. The number of fused-ring (bicyclic) bond motifs is 6. The highest BCUT2D eigenvalue weighted by Gasteiger charge is 2.14. The molecule has 0 aliphatic carbocycles. The molecule has 108 valence electrons. The van der Waals surface area contributed by atoms with Crippen LogP contribution in [0.15, 0.2) is 55.4 Å². The monoisotopic (exact) mass is 298 g/mol. The van der Waals surface area contributed by atoms with Crippen LogP contribution in [0.3, 0.4) is 0 Å². The van der Waals surface area contributed by atoms with Gasteiger partial charge in [-0.25, -0.2) is 15.0 Å². The predicted octanol–water partition coefficient (Wildman–Crippen LogP) is 3.12. The Kier molecular flexibility index (Phi) is 2.40. The fourth-order valence-electron chi connectivity index (χ4n) is 2.90. The Morgan fingerprint density at radius 2 is 1.48 bits per heavy atom. The van der Waals surface area contributed by atoms with E-state index in [2.05, 4.69) is 24.9 Å². The Morgan fingerprint density at radius 3 is 2.26 bits per heavy atom. The standard InChI is InChI=1S/C17H10N6/c1-3-11-13(20-5-1)14-12(4-2-6-21-14)16-15(11)22-17(23-16)10-7-18-9-19-8-10/h1-9H,(H,22,23). The van der Waals surface area contributed by atoms with Gasteiger partial charge >= 0.3 is 0 Å². The molecule has 6 heteroatoms. The zero-order valence-electron chi connectivity index (χ0n) is 11.9. The van der Waals surface area contributed by atoms with Gasteiger partial charge in [0, 0.05) is 35.6 Å². The number of benzene rings is 1. The van der Waals surface area contributed by atoms with Gasteiger partial charge < -0.3 is 4.98 Å². The smallest absolute Gasteiger partial charge is 0.141 e. The van der Waals surface area contributed by atoms with E-state index in [4.69, 9.17) is 4.98 Å². The number of aromatic nitrogens is 6. The van der Waals surface area contributed by atoms with Gasteiger partial charge in [0.15, 0.2) is 0 Å². The molecule has 5 aromatic rings. The Bertz CT molecular complexity index is 1090. The van der Waals surface area contributed by atoms with E-state index in [1.54, 1.807) is 24.8 Å². The summed E-state index contributed by atoms with van der Waals surface area (Å²) in [5.41, 5.74) is 4.41. The fourth-order valence-corrected chi connectivity index (χ4v) is 2.90. The number of nitrogens with zero attached hydrogens (tertiary/aromatic N) is 5. The number of H-pyrrole nitrogens is 1. The number of aromatic amines is 1. The summed E-state index contributed by atoms with van der Waals surface area (Å²) < 4.78 is 0. The van der Waals surface area contributed by atoms with Crippen molar-refractivity contribution in [1.82, 2.24) is 29.9 Å². The highest BCUT2D eigenvalue weighted by Crippen LogP contribution is 2.32. The van der Waals surface area contributed by atoms with Crippen molar-refractivity contribution in [3.05, 3.63) is 55.4 Å². The lowest BCUT2D eigenvalue weighted by molar-refractivity contribution is 1.15. The molecule has 1 aromatic carbocycles. The third kappa shape index (κ3) is 1.72. The maximum atomic E-state index is 4.76. The number of pyridine rings is 2. The quantitative estimate of drug-likeness (QED) is 0.481. The van der Waals surface area contributed by atoms with Gasteiger partial charge in [0.05, 0.1) is 27.6 Å². The highest BCUT2D eigenvalue weighted by atomic mass is 14.9. The number of hydrogen-bond acceptors (Lipinski definition) is 5. The van der Waals surface area contributed by atoms with E-state index >= 15 is 0 Å². The summed E-state index contributed by atoms with van der Waals surface area (Å²) >= 11 is 0. The minimum atomic E-state index is 0.738. The summed E-state index contributed by atoms with van der Waals surface area (Å²) in [6.45, 7) is 0. The predicted molar refractivity (Wildman–Crippen MR) is 87.7 cm³/mol. The highest BCUT2D eigenvalue weighted by molar-refractivity contribution is 6.20. The first-order valence-corrected chi connectivity index (χ1v) is 7.18. The van der Waals surface area contributed by atoms with Gasteiger partial charge in [0.2, 0.25) is 0 Å². The Hall–Kier alpha value is -3.41. The van der Waals surface area contributed by atoms with Crippen molar-refractivity contribution in [3.63, 3.8) is 0 Å². The van der Waals surface area contributed by atoms with E-state index in [0.29, 0.717) is 0 Å². The third-order valence-electron chi connectivity index (χ3n) is 3.90. The fraction of sp³-hybridized carbons (Fsp3) is 0. The van der Waals surface area contributed by atoms with Crippen LogP contribution >= 0.6 is 0 Å². The molecule has 4 heterocycles. The van der Waals surface area contributed by atoms with Crippen LogP contribution in [0.1, 0.15) is 0 Å². The molecule has 4 aromatic heterocycles. The molecule has 23 heavy (non-hydrogen) atoms.